The summed E-state index contributed by atoms with van der Waals surface area (Å²) >= 11 is 0. The topological polar surface area (TPSA) is 9.23 Å². The molecule has 1 radical (unpaired) electrons. The van der Waals surface area contributed by atoms with Crippen LogP contribution in [-0.4, -0.2) is 9.52 Å². The molecule has 0 bridgehead atoms. The average Bonchev–Trinajstić information content (AvgIpc) is 3.09. The van der Waals surface area contributed by atoms with Gasteiger partial charge in [0.25, 0.3) is 0 Å². The maximum absolute atomic E-state index is 5.41. The molecule has 0 N–H and O–H groups in total. The largest absolute Gasteiger partial charge is 0.465 e. The molecule has 0 atom stereocenters. The molecule has 1 nitrogen and oxygen atoms in total. The van der Waals surface area contributed by atoms with Gasteiger partial charge in [-0.2, -0.15) is 11.6 Å². The van der Waals surface area contributed by atoms with Crippen molar-refractivity contribution in [1.82, 2.24) is 0 Å². The van der Waals surface area contributed by atoms with Crippen LogP contribution in [0.1, 0.15) is 41.0 Å². The third-order valence-electron chi connectivity index (χ3n) is 3.35. The summed E-state index contributed by atoms with van der Waals surface area (Å²) in [5, 5.41) is 0. The third kappa shape index (κ3) is 13.2. The molecule has 26 heavy (non-hydrogen) atoms. The van der Waals surface area contributed by atoms with Gasteiger partial charge in [-0.25, -0.2) is 6.08 Å². The molecule has 0 saturated heterocycles. The van der Waals surface area contributed by atoms with E-state index in [1.165, 1.54) is 5.57 Å². The van der Waals surface area contributed by atoms with Crippen LogP contribution in [0.4, 0.5) is 0 Å². The van der Waals surface area contributed by atoms with Crippen LogP contribution in [0.25, 0.3) is 0 Å². The van der Waals surface area contributed by atoms with Crippen LogP contribution in [0, 0.1) is 11.5 Å². The van der Waals surface area contributed by atoms with Gasteiger partial charge in [0, 0.05) is 31.2 Å². The summed E-state index contributed by atoms with van der Waals surface area (Å²) in [5.74, 6) is 0.850. The first-order valence-corrected chi connectivity index (χ1v) is 11.1. The Hall–Kier alpha value is -1.09. The average molecular weight is 402 g/mol. The molecule has 0 unspecified atom stereocenters. The van der Waals surface area contributed by atoms with E-state index >= 15 is 0 Å². The van der Waals surface area contributed by atoms with Crippen LogP contribution in [0.3, 0.4) is 0 Å². The van der Waals surface area contributed by atoms with Gasteiger partial charge in [0.15, 0.2) is 0 Å². The van der Waals surface area contributed by atoms with Gasteiger partial charge in [-0.15, -0.1) is 6.42 Å². The molecule has 1 aliphatic rings. The Morgan fingerprint density at radius 2 is 1.69 bits per heavy atom. The number of hydrogen-bond donors (Lipinski definition) is 0. The van der Waals surface area contributed by atoms with E-state index in [2.05, 4.69) is 58.7 Å². The van der Waals surface area contributed by atoms with E-state index in [0.717, 1.165) is 32.8 Å². The van der Waals surface area contributed by atoms with Crippen LogP contribution < -0.4 is 4.74 Å². The van der Waals surface area contributed by atoms with Gasteiger partial charge in [0.2, 0.25) is 0 Å². The summed E-state index contributed by atoms with van der Waals surface area (Å²) in [7, 11) is 0.750. The molecule has 1 aliphatic carbocycles. The Morgan fingerprint density at radius 3 is 2.04 bits per heavy atom. The molecule has 1 aromatic rings. The fraction of sp³-hybridized carbons (Fsp3) is 0.391. The van der Waals surface area contributed by atoms with Crippen LogP contribution >= 0.6 is 0 Å². The minimum absolute atomic E-state index is 0. The van der Waals surface area contributed by atoms with Crippen LogP contribution in [0.2, 0.25) is 13.1 Å². The molecule has 0 spiro atoms. The Bertz CT molecular complexity index is 592. The fourth-order valence-corrected chi connectivity index (χ4v) is 1.68. The standard InChI is InChI=1S/C12H14O.C9H13.C2H7Si.Ti/c1-10(2)11(3)9-13-12-7-5-4-6-8-12;1-9(2,3)8-6-4-5-7-8;1-3-2;/h4-9H,1H2,2-3H3;6-7H,4H2,1-3H3;3H,1-2H3;/q;-1;;. The number of allylic oxidation sites excluding steroid dienone is 6. The second kappa shape index (κ2) is 15.0. The summed E-state index contributed by atoms with van der Waals surface area (Å²) in [6.07, 6.45) is 10.2. The quantitative estimate of drug-likeness (QED) is 0.234. The Balaban J connectivity index is 0. The van der Waals surface area contributed by atoms with E-state index in [1.807, 2.05) is 44.2 Å². The summed E-state index contributed by atoms with van der Waals surface area (Å²) in [4.78, 5) is 0. The maximum atomic E-state index is 5.41. The molecule has 0 aromatic heterocycles. The number of ether oxygens (including phenoxy) is 1. The molecule has 1 aromatic carbocycles. The molecule has 0 amide bonds. The van der Waals surface area contributed by atoms with E-state index < -0.39 is 0 Å². The van der Waals surface area contributed by atoms with Crippen molar-refractivity contribution in [3.05, 3.63) is 78.1 Å². The molecule has 0 heterocycles. The van der Waals surface area contributed by atoms with Gasteiger partial charge in [-0.05, 0) is 31.6 Å². The van der Waals surface area contributed by atoms with E-state index in [4.69, 9.17) is 4.74 Å². The molecular weight excluding hydrogens is 368 g/mol. The Labute approximate surface area is 179 Å². The van der Waals surface area contributed by atoms with Crippen LogP contribution in [0.5, 0.6) is 5.75 Å². The van der Waals surface area contributed by atoms with Gasteiger partial charge in [-0.1, -0.05) is 69.6 Å². The van der Waals surface area contributed by atoms with Crippen molar-refractivity contribution < 1.29 is 26.5 Å². The van der Waals surface area contributed by atoms with Crippen molar-refractivity contribution in [3.8, 4) is 5.75 Å². The van der Waals surface area contributed by atoms with Crippen molar-refractivity contribution in [1.29, 1.82) is 0 Å². The number of hydrogen-bond acceptors (Lipinski definition) is 1. The first kappa shape index (κ1) is 27.1. The minimum atomic E-state index is 0. The third-order valence-corrected chi connectivity index (χ3v) is 3.35. The SMILES string of the molecule is C=C(C)C(C)=COc1ccccc1.CC(C)(C)C1=CC[C-]=C1.C[SiH]C.[Ti]. The normalized spacial score (nSPS) is 12.6. The van der Waals surface area contributed by atoms with Crippen LogP contribution in [0.15, 0.2) is 72.0 Å². The van der Waals surface area contributed by atoms with Crippen molar-refractivity contribution >= 4 is 9.52 Å². The zero-order valence-corrected chi connectivity index (χ0v) is 20.2. The second-order valence-electron chi connectivity index (χ2n) is 7.05. The number of para-hydroxylation sites is 1. The van der Waals surface area contributed by atoms with E-state index in [1.54, 1.807) is 6.26 Å². The second-order valence-corrected chi connectivity index (χ2v) is 8.21. The number of rotatable bonds is 3. The van der Waals surface area contributed by atoms with Crippen molar-refractivity contribution in [2.75, 3.05) is 0 Å². The van der Waals surface area contributed by atoms with Crippen molar-refractivity contribution in [2.45, 2.75) is 54.1 Å². The molecular formula is C23H34OSiTi-. The Morgan fingerprint density at radius 1 is 1.15 bits per heavy atom. The van der Waals surface area contributed by atoms with Crippen molar-refractivity contribution in [2.24, 2.45) is 5.41 Å². The summed E-state index contributed by atoms with van der Waals surface area (Å²) in [6.45, 7) is 18.8. The van der Waals surface area contributed by atoms with Gasteiger partial charge < -0.3 is 4.74 Å². The first-order chi connectivity index (χ1) is 11.7. The fourth-order valence-electron chi connectivity index (χ4n) is 1.68. The van der Waals surface area contributed by atoms with Crippen LogP contribution in [-0.2, 0) is 21.7 Å². The molecule has 0 aliphatic heterocycles. The smallest absolute Gasteiger partial charge is 0.126 e. The predicted octanol–water partition coefficient (Wildman–Crippen LogP) is 6.78. The summed E-state index contributed by atoms with van der Waals surface area (Å²) < 4.78 is 5.41. The van der Waals surface area contributed by atoms with Gasteiger partial charge >= 0.3 is 0 Å². The zero-order valence-electron chi connectivity index (χ0n) is 17.5. The van der Waals surface area contributed by atoms with Gasteiger partial charge in [0.05, 0.1) is 6.26 Å². The van der Waals surface area contributed by atoms with Gasteiger partial charge in [-0.3, -0.25) is 6.08 Å². The summed E-state index contributed by atoms with van der Waals surface area (Å²) in [6, 6.07) is 9.69. The van der Waals surface area contributed by atoms with E-state index in [0.29, 0.717) is 5.41 Å². The molecule has 3 heteroatoms. The molecule has 2 rings (SSSR count). The maximum Gasteiger partial charge on any atom is 0.126 e. The monoisotopic (exact) mass is 402 g/mol. The minimum Gasteiger partial charge on any atom is -0.465 e. The summed E-state index contributed by atoms with van der Waals surface area (Å²) in [5.41, 5.74) is 3.83. The first-order valence-electron chi connectivity index (χ1n) is 8.78. The Kier molecular flexibility index (Phi) is 15.7. The number of benzene rings is 1. The van der Waals surface area contributed by atoms with Crippen molar-refractivity contribution in [3.63, 3.8) is 0 Å². The van der Waals surface area contributed by atoms with E-state index in [-0.39, 0.29) is 21.7 Å². The van der Waals surface area contributed by atoms with E-state index in [9.17, 15) is 0 Å². The molecule has 0 fully saturated rings. The molecule has 141 valence electrons. The predicted molar refractivity (Wildman–Crippen MR) is 114 cm³/mol. The van der Waals surface area contributed by atoms with Gasteiger partial charge in [0.1, 0.15) is 5.75 Å². The zero-order chi connectivity index (χ0) is 19.3. The molecule has 0 saturated carbocycles.